The van der Waals surface area contributed by atoms with Crippen LogP contribution in [0.4, 0.5) is 4.39 Å². The van der Waals surface area contributed by atoms with Crippen LogP contribution in [0.3, 0.4) is 0 Å². The summed E-state index contributed by atoms with van der Waals surface area (Å²) in [4.78, 5) is 23.2. The Morgan fingerprint density at radius 2 is 2.00 bits per heavy atom. The monoisotopic (exact) mass is 363 g/mol. The number of nitrogens with zero attached hydrogens (tertiary/aromatic N) is 5. The minimum absolute atomic E-state index is 0.0700. The smallest absolute Gasteiger partial charge is 0.293 e. The summed E-state index contributed by atoms with van der Waals surface area (Å²) < 4.78 is 16.1. The summed E-state index contributed by atoms with van der Waals surface area (Å²) in [6.45, 7) is 1.04. The van der Waals surface area contributed by atoms with E-state index in [1.165, 1.54) is 0 Å². The SMILES string of the molecule is O=C(c1nc2n(n1)[C@H](c1ccccc1)C[C@@H]2F)N1CCc2ncccc2C1. The fraction of sp³-hybridized carbons (Fsp3) is 0.300. The third-order valence-electron chi connectivity index (χ3n) is 5.29. The van der Waals surface area contributed by atoms with E-state index in [2.05, 4.69) is 15.1 Å². The Labute approximate surface area is 155 Å². The first-order valence-electron chi connectivity index (χ1n) is 9.08. The van der Waals surface area contributed by atoms with Crippen molar-refractivity contribution < 1.29 is 9.18 Å². The summed E-state index contributed by atoms with van der Waals surface area (Å²) in [5.41, 5.74) is 3.03. The minimum atomic E-state index is -1.21. The Hall–Kier alpha value is -3.09. The summed E-state index contributed by atoms with van der Waals surface area (Å²) in [7, 11) is 0. The van der Waals surface area contributed by atoms with Gasteiger partial charge in [0, 0.05) is 37.8 Å². The molecule has 6 nitrogen and oxygen atoms in total. The number of rotatable bonds is 2. The summed E-state index contributed by atoms with van der Waals surface area (Å²) in [6.07, 6.45) is 1.56. The molecule has 0 spiro atoms. The van der Waals surface area contributed by atoms with Crippen LogP contribution in [0.25, 0.3) is 0 Å². The molecule has 0 fully saturated rings. The predicted octanol–water partition coefficient (Wildman–Crippen LogP) is 2.88. The molecule has 27 heavy (non-hydrogen) atoms. The fourth-order valence-corrected chi connectivity index (χ4v) is 3.90. The van der Waals surface area contributed by atoms with Gasteiger partial charge in [0.25, 0.3) is 5.91 Å². The van der Waals surface area contributed by atoms with Gasteiger partial charge in [-0.05, 0) is 17.2 Å². The van der Waals surface area contributed by atoms with Gasteiger partial charge in [-0.1, -0.05) is 36.4 Å². The average molecular weight is 363 g/mol. The van der Waals surface area contributed by atoms with Gasteiger partial charge in [-0.25, -0.2) is 14.1 Å². The second kappa shape index (κ2) is 6.26. The zero-order valence-corrected chi connectivity index (χ0v) is 14.6. The van der Waals surface area contributed by atoms with E-state index in [9.17, 15) is 9.18 Å². The zero-order valence-electron chi connectivity index (χ0n) is 14.6. The van der Waals surface area contributed by atoms with Crippen molar-refractivity contribution in [3.05, 3.63) is 77.1 Å². The molecule has 0 N–H and O–H groups in total. The van der Waals surface area contributed by atoms with E-state index >= 15 is 0 Å². The lowest BCUT2D eigenvalue weighted by atomic mass is 10.0. The van der Waals surface area contributed by atoms with E-state index < -0.39 is 6.17 Å². The van der Waals surface area contributed by atoms with Gasteiger partial charge in [0.15, 0.2) is 12.0 Å². The highest BCUT2D eigenvalue weighted by atomic mass is 19.1. The van der Waals surface area contributed by atoms with Crippen LogP contribution in [0.5, 0.6) is 0 Å². The lowest BCUT2D eigenvalue weighted by molar-refractivity contribution is 0.0720. The molecule has 2 aliphatic heterocycles. The van der Waals surface area contributed by atoms with Crippen LogP contribution < -0.4 is 0 Å². The number of carbonyl (C=O) groups is 1. The van der Waals surface area contributed by atoms with Crippen LogP contribution in [0.15, 0.2) is 48.7 Å². The van der Waals surface area contributed by atoms with Crippen LogP contribution in [0.2, 0.25) is 0 Å². The van der Waals surface area contributed by atoms with Gasteiger partial charge in [-0.15, -0.1) is 5.10 Å². The Morgan fingerprint density at radius 1 is 1.15 bits per heavy atom. The van der Waals surface area contributed by atoms with E-state index in [4.69, 9.17) is 0 Å². The summed E-state index contributed by atoms with van der Waals surface area (Å²) in [6, 6.07) is 13.3. The van der Waals surface area contributed by atoms with Crippen molar-refractivity contribution in [1.82, 2.24) is 24.6 Å². The number of carbonyl (C=O) groups excluding carboxylic acids is 1. The number of alkyl halides is 1. The fourth-order valence-electron chi connectivity index (χ4n) is 3.90. The molecule has 5 rings (SSSR count). The number of halogens is 1. The minimum Gasteiger partial charge on any atom is -0.331 e. The Kier molecular flexibility index (Phi) is 3.74. The van der Waals surface area contributed by atoms with Crippen LogP contribution in [0, 0.1) is 0 Å². The van der Waals surface area contributed by atoms with Crippen molar-refractivity contribution in [2.24, 2.45) is 0 Å². The molecule has 0 radical (unpaired) electrons. The number of hydrogen-bond donors (Lipinski definition) is 0. The van der Waals surface area contributed by atoms with Gasteiger partial charge >= 0.3 is 0 Å². The molecule has 0 saturated carbocycles. The van der Waals surface area contributed by atoms with E-state index in [1.807, 2.05) is 42.5 Å². The number of hydrogen-bond acceptors (Lipinski definition) is 4. The first-order chi connectivity index (χ1) is 13.2. The third-order valence-corrected chi connectivity index (χ3v) is 5.29. The molecule has 136 valence electrons. The quantitative estimate of drug-likeness (QED) is 0.702. The lowest BCUT2D eigenvalue weighted by Gasteiger charge is -2.27. The third kappa shape index (κ3) is 2.70. The van der Waals surface area contributed by atoms with E-state index in [0.29, 0.717) is 25.9 Å². The molecular formula is C20H18FN5O. The van der Waals surface area contributed by atoms with Crippen molar-refractivity contribution in [2.45, 2.75) is 31.6 Å². The van der Waals surface area contributed by atoms with Gasteiger partial charge in [-0.2, -0.15) is 0 Å². The van der Waals surface area contributed by atoms with Gasteiger partial charge in [0.1, 0.15) is 0 Å². The summed E-state index contributed by atoms with van der Waals surface area (Å²) >= 11 is 0. The van der Waals surface area contributed by atoms with Crippen LogP contribution in [-0.4, -0.2) is 37.1 Å². The van der Waals surface area contributed by atoms with Gasteiger partial charge in [0.2, 0.25) is 5.82 Å². The van der Waals surface area contributed by atoms with Crippen LogP contribution in [0.1, 0.15) is 51.9 Å². The van der Waals surface area contributed by atoms with Crippen molar-refractivity contribution >= 4 is 5.91 Å². The van der Waals surface area contributed by atoms with Crippen LogP contribution >= 0.6 is 0 Å². The molecule has 2 aliphatic rings. The van der Waals surface area contributed by atoms with Gasteiger partial charge < -0.3 is 4.90 Å². The highest BCUT2D eigenvalue weighted by Gasteiger charge is 2.37. The van der Waals surface area contributed by atoms with E-state index in [-0.39, 0.29) is 23.6 Å². The molecule has 4 heterocycles. The predicted molar refractivity (Wildman–Crippen MR) is 95.8 cm³/mol. The molecule has 7 heteroatoms. The number of benzene rings is 1. The number of amides is 1. The highest BCUT2D eigenvalue weighted by Crippen LogP contribution is 2.39. The lowest BCUT2D eigenvalue weighted by Crippen LogP contribution is -2.37. The van der Waals surface area contributed by atoms with Crippen LogP contribution in [-0.2, 0) is 13.0 Å². The maximum atomic E-state index is 14.5. The second-order valence-corrected chi connectivity index (χ2v) is 6.95. The topological polar surface area (TPSA) is 63.9 Å². The highest BCUT2D eigenvalue weighted by molar-refractivity contribution is 5.90. The van der Waals surface area contributed by atoms with Crippen molar-refractivity contribution in [1.29, 1.82) is 0 Å². The van der Waals surface area contributed by atoms with Crippen molar-refractivity contribution in [2.75, 3.05) is 6.54 Å². The number of pyridine rings is 1. The van der Waals surface area contributed by atoms with Gasteiger partial charge in [-0.3, -0.25) is 9.78 Å². The molecule has 2 aromatic heterocycles. The largest absolute Gasteiger partial charge is 0.331 e. The first-order valence-corrected chi connectivity index (χ1v) is 9.08. The summed E-state index contributed by atoms with van der Waals surface area (Å²) in [5, 5.41) is 4.39. The van der Waals surface area contributed by atoms with E-state index in [0.717, 1.165) is 16.8 Å². The maximum Gasteiger partial charge on any atom is 0.293 e. The van der Waals surface area contributed by atoms with E-state index in [1.54, 1.807) is 15.8 Å². The Bertz CT molecular complexity index is 1000. The molecule has 0 aliphatic carbocycles. The van der Waals surface area contributed by atoms with Gasteiger partial charge in [0.05, 0.1) is 6.04 Å². The number of aromatic nitrogens is 4. The number of fused-ring (bicyclic) bond motifs is 2. The molecule has 0 saturated heterocycles. The molecular weight excluding hydrogens is 345 g/mol. The molecule has 0 unspecified atom stereocenters. The summed E-state index contributed by atoms with van der Waals surface area (Å²) in [5.74, 6) is 0.0531. The zero-order chi connectivity index (χ0) is 18.4. The molecule has 1 amide bonds. The molecule has 2 atom stereocenters. The normalized spacial score (nSPS) is 21.0. The standard InChI is InChI=1S/C20H18FN5O/c21-15-11-17(13-5-2-1-3-6-13)26-19(15)23-18(24-26)20(27)25-10-8-16-14(12-25)7-4-9-22-16/h1-7,9,15,17H,8,10-12H2/t15-,17-/m0/s1. The second-order valence-electron chi connectivity index (χ2n) is 6.95. The molecule has 1 aromatic carbocycles. The van der Waals surface area contributed by atoms with Crippen molar-refractivity contribution in [3.63, 3.8) is 0 Å². The molecule has 0 bridgehead atoms. The average Bonchev–Trinajstić information content (AvgIpc) is 3.28. The first kappa shape index (κ1) is 16.1. The Balaban J connectivity index is 1.43. The Morgan fingerprint density at radius 3 is 2.85 bits per heavy atom. The molecule has 3 aromatic rings. The maximum absolute atomic E-state index is 14.5. The van der Waals surface area contributed by atoms with Crippen molar-refractivity contribution in [3.8, 4) is 0 Å².